The van der Waals surface area contributed by atoms with Crippen LogP contribution in [0.15, 0.2) is 11.4 Å². The SMILES string of the molecule is Cc1cc(Nc2nc(C)cs2)nc(N)n1. The molecule has 0 amide bonds. The first kappa shape index (κ1) is 9.85. The number of hydrogen-bond donors (Lipinski definition) is 2. The molecule has 0 bridgehead atoms. The van der Waals surface area contributed by atoms with Crippen LogP contribution >= 0.6 is 11.3 Å². The van der Waals surface area contributed by atoms with E-state index in [1.165, 1.54) is 11.3 Å². The maximum Gasteiger partial charge on any atom is 0.222 e. The smallest absolute Gasteiger partial charge is 0.222 e. The van der Waals surface area contributed by atoms with E-state index >= 15 is 0 Å². The molecule has 0 spiro atoms. The summed E-state index contributed by atoms with van der Waals surface area (Å²) in [5, 5.41) is 5.86. The third-order valence-electron chi connectivity index (χ3n) is 1.73. The monoisotopic (exact) mass is 221 g/mol. The molecule has 0 saturated carbocycles. The van der Waals surface area contributed by atoms with Crippen LogP contribution in [0.2, 0.25) is 0 Å². The number of thiazole rings is 1. The quantitative estimate of drug-likeness (QED) is 0.809. The molecule has 0 saturated heterocycles. The largest absolute Gasteiger partial charge is 0.368 e. The number of nitrogens with one attached hydrogen (secondary N) is 1. The van der Waals surface area contributed by atoms with Crippen LogP contribution in [0.4, 0.5) is 16.9 Å². The lowest BCUT2D eigenvalue weighted by Gasteiger charge is -2.03. The Morgan fingerprint density at radius 3 is 2.60 bits per heavy atom. The Morgan fingerprint density at radius 1 is 1.20 bits per heavy atom. The normalized spacial score (nSPS) is 10.3. The van der Waals surface area contributed by atoms with Gasteiger partial charge in [-0.2, -0.15) is 4.98 Å². The van der Waals surface area contributed by atoms with Gasteiger partial charge in [-0.3, -0.25) is 0 Å². The summed E-state index contributed by atoms with van der Waals surface area (Å²) in [4.78, 5) is 12.3. The maximum atomic E-state index is 5.54. The van der Waals surface area contributed by atoms with Crippen molar-refractivity contribution in [2.75, 3.05) is 11.1 Å². The van der Waals surface area contributed by atoms with Gasteiger partial charge >= 0.3 is 0 Å². The summed E-state index contributed by atoms with van der Waals surface area (Å²) in [7, 11) is 0. The molecule has 0 aliphatic carbocycles. The predicted octanol–water partition coefficient (Wildman–Crippen LogP) is 1.88. The van der Waals surface area contributed by atoms with Gasteiger partial charge in [-0.1, -0.05) is 0 Å². The van der Waals surface area contributed by atoms with E-state index in [0.717, 1.165) is 16.5 Å². The molecular formula is C9H11N5S. The fourth-order valence-corrected chi connectivity index (χ4v) is 1.87. The molecule has 2 aromatic rings. The molecule has 15 heavy (non-hydrogen) atoms. The van der Waals surface area contributed by atoms with Crippen LogP contribution in [0.25, 0.3) is 0 Å². The molecule has 0 fully saturated rings. The zero-order valence-corrected chi connectivity index (χ0v) is 9.30. The van der Waals surface area contributed by atoms with E-state index in [2.05, 4.69) is 20.3 Å². The van der Waals surface area contributed by atoms with E-state index in [1.807, 2.05) is 25.3 Å². The summed E-state index contributed by atoms with van der Waals surface area (Å²) < 4.78 is 0. The summed E-state index contributed by atoms with van der Waals surface area (Å²) in [6.45, 7) is 3.82. The molecule has 0 unspecified atom stereocenters. The standard InChI is InChI=1S/C9H11N5S/c1-5-3-7(13-8(10)11-5)14-9-12-6(2)4-15-9/h3-4H,1-2H3,(H3,10,11,12,13,14). The van der Waals surface area contributed by atoms with Gasteiger partial charge in [-0.25, -0.2) is 9.97 Å². The van der Waals surface area contributed by atoms with Crippen LogP contribution in [-0.2, 0) is 0 Å². The highest BCUT2D eigenvalue weighted by atomic mass is 32.1. The summed E-state index contributed by atoms with van der Waals surface area (Å²) in [5.74, 6) is 0.945. The van der Waals surface area contributed by atoms with Crippen molar-refractivity contribution in [3.63, 3.8) is 0 Å². The summed E-state index contributed by atoms with van der Waals surface area (Å²) >= 11 is 1.53. The molecule has 0 aliphatic heterocycles. The van der Waals surface area contributed by atoms with Crippen LogP contribution in [0, 0.1) is 13.8 Å². The maximum absolute atomic E-state index is 5.54. The third-order valence-corrected chi connectivity index (χ3v) is 2.60. The fourth-order valence-electron chi connectivity index (χ4n) is 1.18. The number of aryl methyl sites for hydroxylation is 2. The minimum Gasteiger partial charge on any atom is -0.368 e. The number of rotatable bonds is 2. The van der Waals surface area contributed by atoms with Gasteiger partial charge in [0.15, 0.2) is 5.13 Å². The van der Waals surface area contributed by atoms with E-state index in [4.69, 9.17) is 5.73 Å². The Morgan fingerprint density at radius 2 is 2.00 bits per heavy atom. The van der Waals surface area contributed by atoms with Crippen LogP contribution < -0.4 is 11.1 Å². The minimum absolute atomic E-state index is 0.269. The van der Waals surface area contributed by atoms with Crippen LogP contribution in [-0.4, -0.2) is 15.0 Å². The number of hydrogen-bond acceptors (Lipinski definition) is 6. The number of anilines is 3. The third kappa shape index (κ3) is 2.41. The number of nitrogens with two attached hydrogens (primary N) is 1. The van der Waals surface area contributed by atoms with Gasteiger partial charge in [0.05, 0.1) is 5.69 Å². The zero-order valence-electron chi connectivity index (χ0n) is 8.48. The molecule has 2 rings (SSSR count). The van der Waals surface area contributed by atoms with Gasteiger partial charge in [-0.15, -0.1) is 11.3 Å². The second-order valence-electron chi connectivity index (χ2n) is 3.17. The Kier molecular flexibility index (Phi) is 2.51. The predicted molar refractivity (Wildman–Crippen MR) is 61.3 cm³/mol. The van der Waals surface area contributed by atoms with Crippen molar-refractivity contribution >= 4 is 28.2 Å². The van der Waals surface area contributed by atoms with Gasteiger partial charge < -0.3 is 11.1 Å². The van der Waals surface area contributed by atoms with Crippen LogP contribution in [0.3, 0.4) is 0 Å². The highest BCUT2D eigenvalue weighted by Crippen LogP contribution is 2.19. The molecule has 5 nitrogen and oxygen atoms in total. The van der Waals surface area contributed by atoms with Crippen molar-refractivity contribution in [1.29, 1.82) is 0 Å². The van der Waals surface area contributed by atoms with Gasteiger partial charge in [-0.05, 0) is 13.8 Å². The molecule has 2 aromatic heterocycles. The average Bonchev–Trinajstić information content (AvgIpc) is 2.49. The van der Waals surface area contributed by atoms with E-state index in [9.17, 15) is 0 Å². The van der Waals surface area contributed by atoms with E-state index < -0.39 is 0 Å². The average molecular weight is 221 g/mol. The number of aromatic nitrogens is 3. The summed E-state index contributed by atoms with van der Waals surface area (Å²) in [6, 6.07) is 1.83. The minimum atomic E-state index is 0.269. The van der Waals surface area contributed by atoms with Crippen molar-refractivity contribution in [2.45, 2.75) is 13.8 Å². The summed E-state index contributed by atoms with van der Waals surface area (Å²) in [6.07, 6.45) is 0. The fraction of sp³-hybridized carbons (Fsp3) is 0.222. The van der Waals surface area contributed by atoms with E-state index in [-0.39, 0.29) is 5.95 Å². The Hall–Kier alpha value is -1.69. The lowest BCUT2D eigenvalue weighted by atomic mass is 10.4. The van der Waals surface area contributed by atoms with Crippen molar-refractivity contribution < 1.29 is 0 Å². The molecule has 78 valence electrons. The lowest BCUT2D eigenvalue weighted by Crippen LogP contribution is -2.01. The summed E-state index contributed by atoms with van der Waals surface area (Å²) in [5.41, 5.74) is 7.36. The van der Waals surface area contributed by atoms with Crippen molar-refractivity contribution in [3.8, 4) is 0 Å². The topological polar surface area (TPSA) is 76.7 Å². The van der Waals surface area contributed by atoms with Crippen molar-refractivity contribution in [1.82, 2.24) is 15.0 Å². The van der Waals surface area contributed by atoms with Gasteiger partial charge in [0, 0.05) is 17.1 Å². The first-order valence-corrected chi connectivity index (χ1v) is 5.32. The Labute approximate surface area is 91.4 Å². The second kappa shape index (κ2) is 3.82. The van der Waals surface area contributed by atoms with Gasteiger partial charge in [0.1, 0.15) is 5.82 Å². The van der Waals surface area contributed by atoms with Crippen LogP contribution in [0.1, 0.15) is 11.4 Å². The lowest BCUT2D eigenvalue weighted by molar-refractivity contribution is 1.12. The van der Waals surface area contributed by atoms with Crippen LogP contribution in [0.5, 0.6) is 0 Å². The van der Waals surface area contributed by atoms with E-state index in [1.54, 1.807) is 0 Å². The molecule has 2 heterocycles. The van der Waals surface area contributed by atoms with Gasteiger partial charge in [0.25, 0.3) is 0 Å². The molecular weight excluding hydrogens is 210 g/mol. The highest BCUT2D eigenvalue weighted by Gasteiger charge is 2.02. The first-order chi connectivity index (χ1) is 7.13. The number of nitrogens with zero attached hydrogens (tertiary/aromatic N) is 3. The molecule has 0 aromatic carbocycles. The molecule has 3 N–H and O–H groups in total. The van der Waals surface area contributed by atoms with Gasteiger partial charge in [0.2, 0.25) is 5.95 Å². The molecule has 0 atom stereocenters. The first-order valence-electron chi connectivity index (χ1n) is 4.44. The second-order valence-corrected chi connectivity index (χ2v) is 4.03. The highest BCUT2D eigenvalue weighted by molar-refractivity contribution is 7.13. The van der Waals surface area contributed by atoms with E-state index in [0.29, 0.717) is 5.82 Å². The molecule has 6 heteroatoms. The number of nitrogen functional groups attached to an aromatic ring is 1. The van der Waals surface area contributed by atoms with Crippen molar-refractivity contribution in [3.05, 3.63) is 22.8 Å². The zero-order chi connectivity index (χ0) is 10.8. The molecule has 0 radical (unpaired) electrons. The molecule has 0 aliphatic rings. The Bertz CT molecular complexity index is 459. The van der Waals surface area contributed by atoms with Crippen molar-refractivity contribution in [2.24, 2.45) is 0 Å². The Balaban J connectivity index is 2.24.